The summed E-state index contributed by atoms with van der Waals surface area (Å²) in [5.74, 6) is -1.97. The van der Waals surface area contributed by atoms with Crippen LogP contribution in [0.4, 0.5) is 5.13 Å². The number of ether oxygens (including phenoxy) is 2. The van der Waals surface area contributed by atoms with Crippen LogP contribution in [0.2, 0.25) is 5.02 Å². The maximum absolute atomic E-state index is 13.4. The molecular formula is C28H27ClN2O6S. The number of benzene rings is 2. The molecule has 1 atom stereocenters. The van der Waals surface area contributed by atoms with Crippen molar-refractivity contribution in [1.82, 2.24) is 4.98 Å². The number of amides is 1. The van der Waals surface area contributed by atoms with E-state index in [-0.39, 0.29) is 21.3 Å². The molecule has 2 heterocycles. The smallest absolute Gasteiger partial charge is 0.350 e. The first-order valence-corrected chi connectivity index (χ1v) is 13.2. The van der Waals surface area contributed by atoms with Gasteiger partial charge in [-0.2, -0.15) is 0 Å². The van der Waals surface area contributed by atoms with Gasteiger partial charge >= 0.3 is 11.9 Å². The first-order chi connectivity index (χ1) is 18.2. The molecule has 198 valence electrons. The largest absolute Gasteiger partial charge is 0.507 e. The zero-order valence-corrected chi connectivity index (χ0v) is 23.0. The molecule has 0 spiro atoms. The lowest BCUT2D eigenvalue weighted by Gasteiger charge is -2.23. The number of aliphatic hydroxyl groups excluding tert-OH is 1. The normalized spacial score (nSPS) is 16.7. The molecule has 1 aliphatic rings. The Balaban J connectivity index is 1.84. The molecule has 4 rings (SSSR count). The molecule has 0 bridgehead atoms. The number of carbonyl (C=O) groups excluding carboxylic acids is 3. The third kappa shape index (κ3) is 5.16. The lowest BCUT2D eigenvalue weighted by Crippen LogP contribution is -2.29. The minimum absolute atomic E-state index is 0.0937. The molecule has 1 aliphatic heterocycles. The molecule has 1 aromatic heterocycles. The predicted octanol–water partition coefficient (Wildman–Crippen LogP) is 6.01. The van der Waals surface area contributed by atoms with E-state index in [1.165, 1.54) is 12.0 Å². The van der Waals surface area contributed by atoms with Gasteiger partial charge in [-0.1, -0.05) is 48.4 Å². The molecule has 2 aromatic carbocycles. The summed E-state index contributed by atoms with van der Waals surface area (Å²) in [5, 5.41) is 12.0. The summed E-state index contributed by atoms with van der Waals surface area (Å²) in [6.07, 6.45) is 1.92. The van der Waals surface area contributed by atoms with E-state index < -0.39 is 23.7 Å². The molecule has 1 unspecified atom stereocenters. The Kier molecular flexibility index (Phi) is 8.18. The number of hydrogen-bond acceptors (Lipinski definition) is 8. The van der Waals surface area contributed by atoms with Crippen LogP contribution in [-0.4, -0.2) is 41.5 Å². The highest BCUT2D eigenvalue weighted by Gasteiger charge is 2.48. The van der Waals surface area contributed by atoms with Crippen molar-refractivity contribution in [2.45, 2.75) is 39.7 Å². The van der Waals surface area contributed by atoms with Crippen molar-refractivity contribution in [3.05, 3.63) is 80.3 Å². The van der Waals surface area contributed by atoms with Crippen LogP contribution in [-0.2, 0) is 14.3 Å². The van der Waals surface area contributed by atoms with E-state index in [0.717, 1.165) is 29.7 Å². The minimum atomic E-state index is -0.996. The maximum atomic E-state index is 13.4. The Hall–Kier alpha value is -3.69. The highest BCUT2D eigenvalue weighted by Crippen LogP contribution is 2.44. The van der Waals surface area contributed by atoms with Gasteiger partial charge in [0.15, 0.2) is 5.13 Å². The van der Waals surface area contributed by atoms with E-state index in [4.69, 9.17) is 21.1 Å². The quantitative estimate of drug-likeness (QED) is 0.119. The van der Waals surface area contributed by atoms with Crippen LogP contribution in [0.25, 0.3) is 5.76 Å². The first-order valence-electron chi connectivity index (χ1n) is 12.0. The van der Waals surface area contributed by atoms with Crippen LogP contribution in [0.3, 0.4) is 0 Å². The zero-order chi connectivity index (χ0) is 27.6. The number of anilines is 1. The van der Waals surface area contributed by atoms with Gasteiger partial charge in [-0.05, 0) is 61.7 Å². The second kappa shape index (κ2) is 11.4. The number of aliphatic hydroxyl groups is 1. The molecule has 0 radical (unpaired) electrons. The second-order valence-corrected chi connectivity index (χ2v) is 10.2. The standard InChI is InChI=1S/C28H27ClN2O6S/c1-5-6-13-37-20-12-9-18(14-15(20)2)23(32)21-22(17-7-10-19(29)11-8-17)31(26(34)24(21)33)28-30-16(3)25(38-28)27(35)36-4/h7-12,14,22,32H,5-6,13H2,1-4H3. The van der Waals surface area contributed by atoms with E-state index >= 15 is 0 Å². The van der Waals surface area contributed by atoms with Crippen LogP contribution < -0.4 is 9.64 Å². The SMILES string of the molecule is CCCCOc1ccc(C(O)=C2C(=O)C(=O)N(c3nc(C)c(C(=O)OC)s3)C2c2ccc(Cl)cc2)cc1C. The highest BCUT2D eigenvalue weighted by atomic mass is 35.5. The van der Waals surface area contributed by atoms with Crippen LogP contribution in [0.15, 0.2) is 48.0 Å². The summed E-state index contributed by atoms with van der Waals surface area (Å²) in [6.45, 7) is 6.12. The lowest BCUT2D eigenvalue weighted by molar-refractivity contribution is -0.132. The van der Waals surface area contributed by atoms with Gasteiger partial charge in [0, 0.05) is 10.6 Å². The van der Waals surface area contributed by atoms with Crippen LogP contribution in [0, 0.1) is 13.8 Å². The van der Waals surface area contributed by atoms with E-state index in [9.17, 15) is 19.5 Å². The van der Waals surface area contributed by atoms with Gasteiger partial charge in [-0.15, -0.1) is 0 Å². The van der Waals surface area contributed by atoms with Crippen molar-refractivity contribution < 1.29 is 29.0 Å². The highest BCUT2D eigenvalue weighted by molar-refractivity contribution is 7.17. The number of methoxy groups -OCH3 is 1. The van der Waals surface area contributed by atoms with E-state index in [1.54, 1.807) is 49.4 Å². The average molecular weight is 555 g/mol. The first kappa shape index (κ1) is 27.3. The summed E-state index contributed by atoms with van der Waals surface area (Å²) in [5.41, 5.74) is 1.96. The number of unbranched alkanes of at least 4 members (excludes halogenated alkanes) is 1. The number of thiazole rings is 1. The number of rotatable bonds is 8. The van der Waals surface area contributed by atoms with Gasteiger partial charge in [-0.25, -0.2) is 9.78 Å². The summed E-state index contributed by atoms with van der Waals surface area (Å²) in [4.78, 5) is 44.8. The second-order valence-electron chi connectivity index (χ2n) is 8.81. The monoisotopic (exact) mass is 554 g/mol. The number of nitrogens with zero attached hydrogens (tertiary/aromatic N) is 2. The number of halogens is 1. The molecule has 3 aromatic rings. The van der Waals surface area contributed by atoms with Gasteiger partial charge in [-0.3, -0.25) is 14.5 Å². The molecule has 38 heavy (non-hydrogen) atoms. The molecule has 1 amide bonds. The Morgan fingerprint density at radius 1 is 1.16 bits per heavy atom. The number of hydrogen-bond donors (Lipinski definition) is 1. The molecule has 10 heteroatoms. The minimum Gasteiger partial charge on any atom is -0.507 e. The average Bonchev–Trinajstić information content (AvgIpc) is 3.41. The fourth-order valence-corrected chi connectivity index (χ4v) is 5.34. The Bertz CT molecular complexity index is 1430. The summed E-state index contributed by atoms with van der Waals surface area (Å²) in [7, 11) is 1.25. The molecule has 1 saturated heterocycles. The maximum Gasteiger partial charge on any atom is 0.350 e. The lowest BCUT2D eigenvalue weighted by atomic mass is 9.95. The molecule has 1 N–H and O–H groups in total. The number of esters is 1. The molecule has 0 aliphatic carbocycles. The van der Waals surface area contributed by atoms with Crippen molar-refractivity contribution in [3.8, 4) is 5.75 Å². The molecular weight excluding hydrogens is 528 g/mol. The van der Waals surface area contributed by atoms with Gasteiger partial charge in [0.05, 0.1) is 31.0 Å². The summed E-state index contributed by atoms with van der Waals surface area (Å²) < 4.78 is 10.6. The van der Waals surface area contributed by atoms with E-state index in [2.05, 4.69) is 11.9 Å². The Labute approximate surface area is 229 Å². The third-order valence-electron chi connectivity index (χ3n) is 6.20. The number of aryl methyl sites for hydroxylation is 2. The Morgan fingerprint density at radius 2 is 1.87 bits per heavy atom. The number of ketones is 1. The fourth-order valence-electron chi connectivity index (χ4n) is 4.20. The predicted molar refractivity (Wildman–Crippen MR) is 146 cm³/mol. The van der Waals surface area contributed by atoms with Crippen molar-refractivity contribution >= 4 is 51.5 Å². The molecule has 1 fully saturated rings. The number of aromatic nitrogens is 1. The van der Waals surface area contributed by atoms with Gasteiger partial charge in [0.2, 0.25) is 0 Å². The summed E-state index contributed by atoms with van der Waals surface area (Å²) in [6, 6.07) is 10.7. The number of Topliss-reactive ketones (excluding diaryl/α,β-unsaturated/α-hetero) is 1. The Morgan fingerprint density at radius 3 is 2.50 bits per heavy atom. The topological polar surface area (TPSA) is 106 Å². The molecule has 8 nitrogen and oxygen atoms in total. The zero-order valence-electron chi connectivity index (χ0n) is 21.4. The van der Waals surface area contributed by atoms with Crippen molar-refractivity contribution in [3.63, 3.8) is 0 Å². The van der Waals surface area contributed by atoms with Crippen molar-refractivity contribution in [1.29, 1.82) is 0 Å². The van der Waals surface area contributed by atoms with Crippen LogP contribution in [0.5, 0.6) is 5.75 Å². The van der Waals surface area contributed by atoms with Crippen molar-refractivity contribution in [2.24, 2.45) is 0 Å². The number of carbonyl (C=O) groups is 3. The van der Waals surface area contributed by atoms with Crippen LogP contribution >= 0.6 is 22.9 Å². The van der Waals surface area contributed by atoms with Gasteiger partial charge < -0.3 is 14.6 Å². The molecule has 0 saturated carbocycles. The van der Waals surface area contributed by atoms with Gasteiger partial charge in [0.25, 0.3) is 5.78 Å². The van der Waals surface area contributed by atoms with Crippen molar-refractivity contribution in [2.75, 3.05) is 18.6 Å². The van der Waals surface area contributed by atoms with E-state index in [1.807, 2.05) is 6.92 Å². The van der Waals surface area contributed by atoms with E-state index in [0.29, 0.717) is 34.2 Å². The fraction of sp³-hybridized carbons (Fsp3) is 0.286. The third-order valence-corrected chi connectivity index (χ3v) is 7.58. The van der Waals surface area contributed by atoms with Gasteiger partial charge in [0.1, 0.15) is 16.4 Å². The summed E-state index contributed by atoms with van der Waals surface area (Å²) >= 11 is 7.03. The van der Waals surface area contributed by atoms with Crippen LogP contribution in [0.1, 0.15) is 57.9 Å².